The topological polar surface area (TPSA) is 88.2 Å². The maximum absolute atomic E-state index is 11.7. The summed E-state index contributed by atoms with van der Waals surface area (Å²) in [7, 11) is 0. The lowest BCUT2D eigenvalue weighted by atomic mass is 10.1. The smallest absolute Gasteiger partial charge is 0.254 e. The zero-order chi connectivity index (χ0) is 13.1. The van der Waals surface area contributed by atoms with Gasteiger partial charge in [-0.15, -0.1) is 0 Å². The third kappa shape index (κ3) is 4.58. The van der Waals surface area contributed by atoms with E-state index in [1.165, 1.54) is 12.3 Å². The van der Waals surface area contributed by atoms with E-state index in [2.05, 4.69) is 10.3 Å². The lowest BCUT2D eigenvalue weighted by Gasteiger charge is -2.17. The Balaban J connectivity index is 2.59. The lowest BCUT2D eigenvalue weighted by molar-refractivity contribution is 0.0693. The van der Waals surface area contributed by atoms with E-state index in [1.54, 1.807) is 13.8 Å². The molecule has 94 valence electrons. The third-order valence-electron chi connectivity index (χ3n) is 2.17. The molecule has 0 aliphatic rings. The van der Waals surface area contributed by atoms with E-state index >= 15 is 0 Å². The molecular weight excluding hydrogens is 242 g/mol. The SMILES string of the molecule is CC(C)(O)CCNC(=O)c1cnc(Cl)cc1N. The Bertz CT molecular complexity index is 416. The van der Waals surface area contributed by atoms with Crippen molar-refractivity contribution >= 4 is 23.2 Å². The van der Waals surface area contributed by atoms with Gasteiger partial charge in [-0.05, 0) is 26.3 Å². The van der Waals surface area contributed by atoms with E-state index in [1.807, 2.05) is 0 Å². The fourth-order valence-electron chi connectivity index (χ4n) is 1.21. The van der Waals surface area contributed by atoms with Gasteiger partial charge < -0.3 is 16.2 Å². The molecule has 0 aromatic carbocycles. The molecule has 0 aliphatic carbocycles. The molecule has 1 amide bonds. The molecule has 5 nitrogen and oxygen atoms in total. The Morgan fingerprint density at radius 1 is 1.65 bits per heavy atom. The van der Waals surface area contributed by atoms with Gasteiger partial charge in [-0.3, -0.25) is 4.79 Å². The highest BCUT2D eigenvalue weighted by Gasteiger charge is 2.14. The molecule has 0 atom stereocenters. The van der Waals surface area contributed by atoms with Crippen LogP contribution in [-0.2, 0) is 0 Å². The molecule has 1 rings (SSSR count). The van der Waals surface area contributed by atoms with E-state index in [0.29, 0.717) is 13.0 Å². The molecule has 0 bridgehead atoms. The van der Waals surface area contributed by atoms with Crippen molar-refractivity contribution in [1.82, 2.24) is 10.3 Å². The van der Waals surface area contributed by atoms with Crippen molar-refractivity contribution in [3.8, 4) is 0 Å². The summed E-state index contributed by atoms with van der Waals surface area (Å²) in [5.74, 6) is -0.323. The second-order valence-corrected chi connectivity index (χ2v) is 4.80. The van der Waals surface area contributed by atoms with Crippen LogP contribution in [0.1, 0.15) is 30.6 Å². The van der Waals surface area contributed by atoms with Crippen LogP contribution in [0.3, 0.4) is 0 Å². The minimum atomic E-state index is -0.808. The quantitative estimate of drug-likeness (QED) is 0.708. The fourth-order valence-corrected chi connectivity index (χ4v) is 1.38. The Morgan fingerprint density at radius 2 is 2.29 bits per heavy atom. The first-order valence-electron chi connectivity index (χ1n) is 5.21. The van der Waals surface area contributed by atoms with E-state index in [-0.39, 0.29) is 22.3 Å². The van der Waals surface area contributed by atoms with E-state index in [9.17, 15) is 9.90 Å². The van der Waals surface area contributed by atoms with Crippen LogP contribution >= 0.6 is 11.6 Å². The van der Waals surface area contributed by atoms with Crippen LogP contribution in [0.5, 0.6) is 0 Å². The van der Waals surface area contributed by atoms with Gasteiger partial charge in [0.05, 0.1) is 11.2 Å². The van der Waals surface area contributed by atoms with Crippen LogP contribution in [0, 0.1) is 0 Å². The summed E-state index contributed by atoms with van der Waals surface area (Å²) < 4.78 is 0. The van der Waals surface area contributed by atoms with Crippen molar-refractivity contribution in [3.05, 3.63) is 23.0 Å². The van der Waals surface area contributed by atoms with E-state index in [4.69, 9.17) is 17.3 Å². The first-order valence-corrected chi connectivity index (χ1v) is 5.59. The molecular formula is C11H16ClN3O2. The molecule has 1 aromatic heterocycles. The average Bonchev–Trinajstić information content (AvgIpc) is 2.15. The number of carbonyl (C=O) groups is 1. The van der Waals surface area contributed by atoms with Gasteiger partial charge in [0.25, 0.3) is 5.91 Å². The number of anilines is 1. The number of hydrogen-bond donors (Lipinski definition) is 3. The number of halogens is 1. The number of aromatic nitrogens is 1. The first-order chi connectivity index (χ1) is 7.79. The zero-order valence-corrected chi connectivity index (χ0v) is 10.6. The molecule has 17 heavy (non-hydrogen) atoms. The average molecular weight is 258 g/mol. The standard InChI is InChI=1S/C11H16ClN3O2/c1-11(2,17)3-4-14-10(16)7-6-15-9(12)5-8(7)13/h5-6,17H,3-4H2,1-2H3,(H2,13,15)(H,14,16). The summed E-state index contributed by atoms with van der Waals surface area (Å²) in [6.07, 6.45) is 1.79. The molecule has 1 heterocycles. The summed E-state index contributed by atoms with van der Waals surface area (Å²) in [5.41, 5.74) is 5.40. The molecule has 0 aliphatic heterocycles. The molecule has 6 heteroatoms. The maximum Gasteiger partial charge on any atom is 0.254 e. The highest BCUT2D eigenvalue weighted by atomic mass is 35.5. The van der Waals surface area contributed by atoms with Crippen LogP contribution in [0.4, 0.5) is 5.69 Å². The van der Waals surface area contributed by atoms with Crippen molar-refractivity contribution in [2.45, 2.75) is 25.9 Å². The van der Waals surface area contributed by atoms with Crippen molar-refractivity contribution in [2.75, 3.05) is 12.3 Å². The zero-order valence-electron chi connectivity index (χ0n) is 9.83. The van der Waals surface area contributed by atoms with Crippen molar-refractivity contribution in [3.63, 3.8) is 0 Å². The molecule has 1 aromatic rings. The summed E-state index contributed by atoms with van der Waals surface area (Å²) >= 11 is 5.63. The molecule has 0 saturated carbocycles. The van der Waals surface area contributed by atoms with Gasteiger partial charge >= 0.3 is 0 Å². The van der Waals surface area contributed by atoms with Gasteiger partial charge in [-0.1, -0.05) is 11.6 Å². The fraction of sp³-hybridized carbons (Fsp3) is 0.455. The van der Waals surface area contributed by atoms with E-state index in [0.717, 1.165) is 0 Å². The van der Waals surface area contributed by atoms with Gasteiger partial charge in [0, 0.05) is 18.4 Å². The second-order valence-electron chi connectivity index (χ2n) is 4.41. The minimum Gasteiger partial charge on any atom is -0.398 e. The Morgan fingerprint density at radius 3 is 2.82 bits per heavy atom. The number of aliphatic hydroxyl groups is 1. The number of nitrogen functional groups attached to an aromatic ring is 1. The van der Waals surface area contributed by atoms with Gasteiger partial charge in [0.2, 0.25) is 0 Å². The monoisotopic (exact) mass is 257 g/mol. The van der Waals surface area contributed by atoms with Crippen molar-refractivity contribution in [1.29, 1.82) is 0 Å². The highest BCUT2D eigenvalue weighted by molar-refractivity contribution is 6.29. The van der Waals surface area contributed by atoms with Crippen LogP contribution in [0.25, 0.3) is 0 Å². The number of hydrogen-bond acceptors (Lipinski definition) is 4. The number of amides is 1. The molecule has 0 radical (unpaired) electrons. The maximum atomic E-state index is 11.7. The summed E-state index contributed by atoms with van der Waals surface area (Å²) in [4.78, 5) is 15.5. The van der Waals surface area contributed by atoms with Gasteiger partial charge in [0.1, 0.15) is 5.15 Å². The van der Waals surface area contributed by atoms with Gasteiger partial charge in [-0.25, -0.2) is 4.98 Å². The first kappa shape index (κ1) is 13.7. The summed E-state index contributed by atoms with van der Waals surface area (Å²) in [6.45, 7) is 3.72. The third-order valence-corrected chi connectivity index (χ3v) is 2.38. The number of carbonyl (C=O) groups excluding carboxylic acids is 1. The van der Waals surface area contributed by atoms with Gasteiger partial charge in [0.15, 0.2) is 0 Å². The number of nitrogens with one attached hydrogen (secondary N) is 1. The predicted molar refractivity (Wildman–Crippen MR) is 66.9 cm³/mol. The van der Waals surface area contributed by atoms with Gasteiger partial charge in [-0.2, -0.15) is 0 Å². The lowest BCUT2D eigenvalue weighted by Crippen LogP contribution is -2.31. The van der Waals surface area contributed by atoms with Crippen LogP contribution in [0.15, 0.2) is 12.3 Å². The normalized spacial score (nSPS) is 11.3. The number of pyridine rings is 1. The van der Waals surface area contributed by atoms with Crippen LogP contribution < -0.4 is 11.1 Å². The summed E-state index contributed by atoms with van der Waals surface area (Å²) in [6, 6.07) is 1.42. The van der Waals surface area contributed by atoms with Crippen molar-refractivity contribution in [2.24, 2.45) is 0 Å². The largest absolute Gasteiger partial charge is 0.398 e. The number of nitrogens with two attached hydrogens (primary N) is 1. The Hall–Kier alpha value is -1.33. The second kappa shape index (κ2) is 5.33. The molecule has 0 spiro atoms. The molecule has 4 N–H and O–H groups in total. The van der Waals surface area contributed by atoms with Crippen molar-refractivity contribution < 1.29 is 9.90 Å². The molecule has 0 unspecified atom stereocenters. The number of rotatable bonds is 4. The Kier molecular flexibility index (Phi) is 4.31. The van der Waals surface area contributed by atoms with Crippen LogP contribution in [-0.4, -0.2) is 28.1 Å². The molecule has 0 saturated heterocycles. The summed E-state index contributed by atoms with van der Waals surface area (Å²) in [5, 5.41) is 12.4. The number of nitrogens with zero attached hydrogens (tertiary/aromatic N) is 1. The molecule has 0 fully saturated rings. The van der Waals surface area contributed by atoms with E-state index < -0.39 is 5.60 Å². The van der Waals surface area contributed by atoms with Crippen LogP contribution in [0.2, 0.25) is 5.15 Å². The predicted octanol–water partition coefficient (Wildman–Crippen LogP) is 1.21. The highest BCUT2D eigenvalue weighted by Crippen LogP contribution is 2.15. The Labute approximate surface area is 105 Å². The minimum absolute atomic E-state index is 0.246.